The van der Waals surface area contributed by atoms with Crippen molar-refractivity contribution in [3.63, 3.8) is 0 Å². The number of rotatable bonds is 7. The fourth-order valence-corrected chi connectivity index (χ4v) is 6.17. The number of benzene rings is 1. The van der Waals surface area contributed by atoms with Crippen molar-refractivity contribution in [3.8, 4) is 6.07 Å². The van der Waals surface area contributed by atoms with E-state index in [2.05, 4.69) is 5.32 Å². The molecule has 1 saturated carbocycles. The summed E-state index contributed by atoms with van der Waals surface area (Å²) in [5.74, 6) is -1.06. The van der Waals surface area contributed by atoms with Gasteiger partial charge in [0.05, 0.1) is 17.1 Å². The first-order valence-corrected chi connectivity index (χ1v) is 12.6. The van der Waals surface area contributed by atoms with Gasteiger partial charge in [-0.15, -0.1) is 11.3 Å². The number of carbonyl (C=O) groups is 2. The molecule has 1 aliphatic rings. The summed E-state index contributed by atoms with van der Waals surface area (Å²) in [6, 6.07) is 7.69. The zero-order chi connectivity index (χ0) is 23.5. The molecule has 0 radical (unpaired) electrons. The SMILES string of the molecule is CCOC(=O)c1sc(NC(=O)c2ccc(S(=O)(=O)N(C)C3CCCC3)cc2)c(C#N)c1C. The maximum atomic E-state index is 12.9. The lowest BCUT2D eigenvalue weighted by atomic mass is 10.1. The van der Waals surface area contributed by atoms with Crippen LogP contribution in [0.15, 0.2) is 29.2 Å². The number of hydrogen-bond donors (Lipinski definition) is 1. The van der Waals surface area contributed by atoms with E-state index in [1.807, 2.05) is 6.07 Å². The van der Waals surface area contributed by atoms with Gasteiger partial charge in [0.25, 0.3) is 5.91 Å². The van der Waals surface area contributed by atoms with E-state index in [0.29, 0.717) is 5.56 Å². The number of nitrogens with zero attached hydrogens (tertiary/aromatic N) is 2. The average Bonchev–Trinajstić information content (AvgIpc) is 3.41. The molecule has 0 atom stereocenters. The molecule has 2 aromatic rings. The predicted molar refractivity (Wildman–Crippen MR) is 121 cm³/mol. The van der Waals surface area contributed by atoms with Crippen molar-refractivity contribution in [2.75, 3.05) is 19.0 Å². The van der Waals surface area contributed by atoms with Gasteiger partial charge < -0.3 is 10.1 Å². The van der Waals surface area contributed by atoms with Gasteiger partial charge in [-0.05, 0) is 56.5 Å². The number of sulfonamides is 1. The summed E-state index contributed by atoms with van der Waals surface area (Å²) in [4.78, 5) is 25.2. The van der Waals surface area contributed by atoms with Crippen LogP contribution in [0.5, 0.6) is 0 Å². The number of ether oxygens (including phenoxy) is 1. The fourth-order valence-electron chi connectivity index (χ4n) is 3.71. The van der Waals surface area contributed by atoms with Gasteiger partial charge in [-0.3, -0.25) is 4.79 Å². The van der Waals surface area contributed by atoms with Crippen LogP contribution >= 0.6 is 11.3 Å². The van der Waals surface area contributed by atoms with Crippen molar-refractivity contribution < 1.29 is 22.7 Å². The molecular formula is C22H25N3O5S2. The normalized spacial score (nSPS) is 14.3. The minimum Gasteiger partial charge on any atom is -0.462 e. The lowest BCUT2D eigenvalue weighted by Gasteiger charge is -2.23. The average molecular weight is 476 g/mol. The van der Waals surface area contributed by atoms with Crippen LogP contribution in [0.1, 0.15) is 63.8 Å². The van der Waals surface area contributed by atoms with Crippen molar-refractivity contribution >= 4 is 38.2 Å². The molecule has 0 aliphatic heterocycles. The summed E-state index contributed by atoms with van der Waals surface area (Å²) < 4.78 is 32.2. The van der Waals surface area contributed by atoms with Gasteiger partial charge in [0.15, 0.2) is 0 Å². The molecule has 3 rings (SSSR count). The Kier molecular flexibility index (Phi) is 7.33. The second kappa shape index (κ2) is 9.81. The van der Waals surface area contributed by atoms with Gasteiger partial charge >= 0.3 is 5.97 Å². The highest BCUT2D eigenvalue weighted by molar-refractivity contribution is 7.89. The van der Waals surface area contributed by atoms with Gasteiger partial charge in [-0.1, -0.05) is 12.8 Å². The first-order valence-electron chi connectivity index (χ1n) is 10.3. The van der Waals surface area contributed by atoms with E-state index in [4.69, 9.17) is 4.74 Å². The summed E-state index contributed by atoms with van der Waals surface area (Å²) in [5.41, 5.74) is 0.881. The Labute approximate surface area is 191 Å². The van der Waals surface area contributed by atoms with Crippen LogP contribution in [0.4, 0.5) is 5.00 Å². The monoisotopic (exact) mass is 475 g/mol. The molecule has 1 amide bonds. The van der Waals surface area contributed by atoms with E-state index in [9.17, 15) is 23.3 Å². The summed E-state index contributed by atoms with van der Waals surface area (Å²) >= 11 is 0.976. The second-order valence-corrected chi connectivity index (χ2v) is 10.5. The fraction of sp³-hybridized carbons (Fsp3) is 0.409. The van der Waals surface area contributed by atoms with E-state index in [1.165, 1.54) is 28.6 Å². The van der Waals surface area contributed by atoms with Gasteiger partial charge in [0.2, 0.25) is 10.0 Å². The van der Waals surface area contributed by atoms with Crippen LogP contribution in [0.2, 0.25) is 0 Å². The number of thiophene rings is 1. The Morgan fingerprint density at radius 1 is 1.25 bits per heavy atom. The number of esters is 1. The number of nitrogens with one attached hydrogen (secondary N) is 1. The molecule has 170 valence electrons. The molecular weight excluding hydrogens is 450 g/mol. The van der Waals surface area contributed by atoms with Gasteiger partial charge in [-0.2, -0.15) is 9.57 Å². The van der Waals surface area contributed by atoms with E-state index in [1.54, 1.807) is 20.9 Å². The third-order valence-corrected chi connectivity index (χ3v) is 8.69. The molecule has 0 spiro atoms. The minimum atomic E-state index is -3.64. The van der Waals surface area contributed by atoms with Crippen molar-refractivity contribution in [3.05, 3.63) is 45.8 Å². The zero-order valence-corrected chi connectivity index (χ0v) is 19.8. The second-order valence-electron chi connectivity index (χ2n) is 7.53. The third-order valence-electron chi connectivity index (χ3n) is 5.58. The molecule has 0 bridgehead atoms. The Morgan fingerprint density at radius 3 is 2.44 bits per heavy atom. The van der Waals surface area contributed by atoms with Gasteiger partial charge in [0.1, 0.15) is 15.9 Å². The molecule has 1 aromatic heterocycles. The summed E-state index contributed by atoms with van der Waals surface area (Å²) in [7, 11) is -2.05. The van der Waals surface area contributed by atoms with Crippen LogP contribution in [-0.4, -0.2) is 44.3 Å². The first kappa shape index (κ1) is 23.9. The molecule has 0 saturated heterocycles. The third kappa shape index (κ3) is 4.70. The van der Waals surface area contributed by atoms with Crippen LogP contribution in [0, 0.1) is 18.3 Å². The first-order chi connectivity index (χ1) is 15.2. The highest BCUT2D eigenvalue weighted by Crippen LogP contribution is 2.33. The van der Waals surface area contributed by atoms with Gasteiger partial charge in [-0.25, -0.2) is 13.2 Å². The van der Waals surface area contributed by atoms with Crippen molar-refractivity contribution in [1.82, 2.24) is 4.31 Å². The van der Waals surface area contributed by atoms with Crippen molar-refractivity contribution in [2.24, 2.45) is 0 Å². The molecule has 10 heteroatoms. The molecule has 1 fully saturated rings. The predicted octanol–water partition coefficient (Wildman–Crippen LogP) is 3.92. The lowest BCUT2D eigenvalue weighted by Crippen LogP contribution is -2.35. The largest absolute Gasteiger partial charge is 0.462 e. The Hall–Kier alpha value is -2.74. The summed E-state index contributed by atoms with van der Waals surface area (Å²) in [6.45, 7) is 3.51. The van der Waals surface area contributed by atoms with E-state index in [-0.39, 0.29) is 38.5 Å². The van der Waals surface area contributed by atoms with Gasteiger partial charge in [0, 0.05) is 18.7 Å². The number of amides is 1. The summed E-state index contributed by atoms with van der Waals surface area (Å²) in [5, 5.41) is 12.4. The standard InChI is InChI=1S/C22H25N3O5S2/c1-4-30-22(27)19-14(2)18(13-23)21(31-19)24-20(26)15-9-11-17(12-10-15)32(28,29)25(3)16-7-5-6-8-16/h9-12,16H,4-8H2,1-3H3,(H,24,26). The molecule has 1 heterocycles. The van der Waals surface area contributed by atoms with Crippen molar-refractivity contribution in [2.45, 2.75) is 50.5 Å². The Bertz CT molecular complexity index is 1160. The molecule has 8 nitrogen and oxygen atoms in total. The minimum absolute atomic E-state index is 0.00281. The van der Waals surface area contributed by atoms with Crippen LogP contribution < -0.4 is 5.32 Å². The van der Waals surface area contributed by atoms with Crippen molar-refractivity contribution in [1.29, 1.82) is 5.26 Å². The number of nitriles is 1. The Balaban J connectivity index is 1.79. The molecule has 1 N–H and O–H groups in total. The number of hydrogen-bond acceptors (Lipinski definition) is 7. The quantitative estimate of drug-likeness (QED) is 0.607. The molecule has 32 heavy (non-hydrogen) atoms. The maximum Gasteiger partial charge on any atom is 0.348 e. The van der Waals surface area contributed by atoms with E-state index in [0.717, 1.165) is 37.0 Å². The smallest absolute Gasteiger partial charge is 0.348 e. The zero-order valence-electron chi connectivity index (χ0n) is 18.2. The van der Waals surface area contributed by atoms with Crippen LogP contribution in [-0.2, 0) is 14.8 Å². The van der Waals surface area contributed by atoms with Crippen LogP contribution in [0.25, 0.3) is 0 Å². The lowest BCUT2D eigenvalue weighted by molar-refractivity contribution is 0.0531. The highest BCUT2D eigenvalue weighted by atomic mass is 32.2. The number of carbonyl (C=O) groups excluding carboxylic acids is 2. The Morgan fingerprint density at radius 2 is 1.88 bits per heavy atom. The van der Waals surface area contributed by atoms with E-state index < -0.39 is 21.9 Å². The molecule has 0 unspecified atom stereocenters. The number of anilines is 1. The molecule has 1 aliphatic carbocycles. The summed E-state index contributed by atoms with van der Waals surface area (Å²) in [6.07, 6.45) is 3.75. The maximum absolute atomic E-state index is 12.9. The topological polar surface area (TPSA) is 117 Å². The highest BCUT2D eigenvalue weighted by Gasteiger charge is 2.30. The van der Waals surface area contributed by atoms with E-state index >= 15 is 0 Å². The molecule has 1 aromatic carbocycles. The van der Waals surface area contributed by atoms with Crippen LogP contribution in [0.3, 0.4) is 0 Å².